The number of hydrogen-bond donors (Lipinski definition) is 0. The average Bonchev–Trinajstić information content (AvgIpc) is 3.16. The molecule has 4 rings (SSSR count). The van der Waals surface area contributed by atoms with Gasteiger partial charge in [-0.3, -0.25) is 10.1 Å². The summed E-state index contributed by atoms with van der Waals surface area (Å²) in [6.45, 7) is 1.65. The molecule has 8 nitrogen and oxygen atoms in total. The Balaban J connectivity index is 1.73. The van der Waals surface area contributed by atoms with E-state index in [0.29, 0.717) is 36.9 Å². The molecule has 1 saturated heterocycles. The molecule has 0 radical (unpaired) electrons. The van der Waals surface area contributed by atoms with E-state index < -0.39 is 14.8 Å². The first-order valence-corrected chi connectivity index (χ1v) is 10.9. The van der Waals surface area contributed by atoms with E-state index in [1.54, 1.807) is 0 Å². The molecule has 0 N–H and O–H groups in total. The Morgan fingerprint density at radius 1 is 1.11 bits per heavy atom. The minimum Gasteiger partial charge on any atom is -0.486 e. The molecule has 0 amide bonds. The maximum atomic E-state index is 11.8. The topological polar surface area (TPSA) is 99.0 Å². The first-order chi connectivity index (χ1) is 13.3. The summed E-state index contributed by atoms with van der Waals surface area (Å²) in [6.07, 6.45) is 2.76. The zero-order valence-electron chi connectivity index (χ0n) is 15.3. The second-order valence-electron chi connectivity index (χ2n) is 6.93. The van der Waals surface area contributed by atoms with Gasteiger partial charge < -0.3 is 14.4 Å². The maximum Gasteiger partial charge on any atom is 0.293 e. The van der Waals surface area contributed by atoms with Crippen LogP contribution in [0, 0.1) is 10.1 Å². The molecule has 1 atom stereocenters. The van der Waals surface area contributed by atoms with E-state index in [2.05, 4.69) is 0 Å². The van der Waals surface area contributed by atoms with Crippen LogP contribution < -0.4 is 14.4 Å². The zero-order valence-corrected chi connectivity index (χ0v) is 16.1. The summed E-state index contributed by atoms with van der Waals surface area (Å²) in [5.74, 6) is 1.38. The van der Waals surface area contributed by atoms with Crippen molar-refractivity contribution in [1.29, 1.82) is 0 Å². The Bertz CT molecular complexity index is 1040. The van der Waals surface area contributed by atoms with E-state index in [0.717, 1.165) is 30.7 Å². The third-order valence-electron chi connectivity index (χ3n) is 5.08. The van der Waals surface area contributed by atoms with Crippen LogP contribution in [0.5, 0.6) is 11.5 Å². The fraction of sp³-hybridized carbons (Fsp3) is 0.368. The van der Waals surface area contributed by atoms with Crippen LogP contribution in [0.1, 0.15) is 24.4 Å². The van der Waals surface area contributed by atoms with Gasteiger partial charge in [-0.1, -0.05) is 6.07 Å². The smallest absolute Gasteiger partial charge is 0.293 e. The van der Waals surface area contributed by atoms with E-state index in [1.165, 1.54) is 12.1 Å². The first kappa shape index (κ1) is 18.5. The molecule has 2 aliphatic heterocycles. The van der Waals surface area contributed by atoms with Crippen molar-refractivity contribution >= 4 is 21.2 Å². The van der Waals surface area contributed by atoms with E-state index in [4.69, 9.17) is 9.47 Å². The third kappa shape index (κ3) is 3.37. The second-order valence-corrected chi connectivity index (χ2v) is 8.95. The second kappa shape index (κ2) is 6.97. The molecule has 2 heterocycles. The molecular weight excluding hydrogens is 384 g/mol. The number of nitrogens with zero attached hydrogens (tertiary/aromatic N) is 2. The maximum absolute atomic E-state index is 11.8. The van der Waals surface area contributed by atoms with Crippen LogP contribution in [0.25, 0.3) is 0 Å². The highest BCUT2D eigenvalue weighted by atomic mass is 32.2. The Labute approximate surface area is 162 Å². The summed E-state index contributed by atoms with van der Waals surface area (Å²) in [5.41, 5.74) is 1.21. The molecular formula is C19H20N2O6S. The number of anilines is 1. The molecule has 0 aliphatic carbocycles. The van der Waals surface area contributed by atoms with Gasteiger partial charge in [-0.25, -0.2) is 8.42 Å². The van der Waals surface area contributed by atoms with Crippen molar-refractivity contribution in [2.75, 3.05) is 30.9 Å². The van der Waals surface area contributed by atoms with Gasteiger partial charge in [-0.15, -0.1) is 0 Å². The van der Waals surface area contributed by atoms with E-state index in [1.807, 2.05) is 23.1 Å². The van der Waals surface area contributed by atoms with Gasteiger partial charge in [0.05, 0.1) is 15.9 Å². The normalized spacial score (nSPS) is 18.9. The molecule has 2 aromatic rings. The molecule has 9 heteroatoms. The lowest BCUT2D eigenvalue weighted by molar-refractivity contribution is -0.384. The minimum absolute atomic E-state index is 0.0568. The monoisotopic (exact) mass is 404 g/mol. The van der Waals surface area contributed by atoms with Crippen LogP contribution in [0.3, 0.4) is 0 Å². The Morgan fingerprint density at radius 2 is 1.86 bits per heavy atom. The Morgan fingerprint density at radius 3 is 2.57 bits per heavy atom. The SMILES string of the molecule is CS(=O)(=O)c1ccc(N2CCC[C@@H]2c2ccc3c(c2)OCCO3)c([N+](=O)[O-])c1. The van der Waals surface area contributed by atoms with Gasteiger partial charge >= 0.3 is 0 Å². The predicted molar refractivity (Wildman–Crippen MR) is 103 cm³/mol. The number of sulfone groups is 1. The van der Waals surface area contributed by atoms with Crippen LogP contribution in [0.2, 0.25) is 0 Å². The lowest BCUT2D eigenvalue weighted by Gasteiger charge is -2.28. The van der Waals surface area contributed by atoms with Crippen molar-refractivity contribution in [1.82, 2.24) is 0 Å². The summed E-state index contributed by atoms with van der Waals surface area (Å²) in [7, 11) is -3.53. The van der Waals surface area contributed by atoms with Gasteiger partial charge in [0.25, 0.3) is 5.69 Å². The number of fused-ring (bicyclic) bond motifs is 1. The van der Waals surface area contributed by atoms with Gasteiger partial charge in [0.2, 0.25) is 0 Å². The Hall–Kier alpha value is -2.81. The Kier molecular flexibility index (Phi) is 4.62. The fourth-order valence-corrected chi connectivity index (χ4v) is 4.43. The van der Waals surface area contributed by atoms with Crippen LogP contribution in [-0.4, -0.2) is 39.4 Å². The molecule has 1 fully saturated rings. The van der Waals surface area contributed by atoms with Gasteiger partial charge in [0.15, 0.2) is 21.3 Å². The van der Waals surface area contributed by atoms with Crippen LogP contribution >= 0.6 is 0 Å². The van der Waals surface area contributed by atoms with Gasteiger partial charge in [0, 0.05) is 18.9 Å². The van der Waals surface area contributed by atoms with E-state index in [-0.39, 0.29) is 16.6 Å². The van der Waals surface area contributed by atoms with E-state index >= 15 is 0 Å². The third-order valence-corrected chi connectivity index (χ3v) is 6.20. The minimum atomic E-state index is -3.53. The predicted octanol–water partition coefficient (Wildman–Crippen LogP) is 3.11. The number of hydrogen-bond acceptors (Lipinski definition) is 7. The van der Waals surface area contributed by atoms with Crippen LogP contribution in [0.15, 0.2) is 41.3 Å². The zero-order chi connectivity index (χ0) is 19.9. The number of nitro benzene ring substituents is 1. The molecule has 0 unspecified atom stereocenters. The van der Waals surface area contributed by atoms with Crippen molar-refractivity contribution in [2.24, 2.45) is 0 Å². The summed E-state index contributed by atoms with van der Waals surface area (Å²) in [6, 6.07) is 9.78. The van der Waals surface area contributed by atoms with Crippen LogP contribution in [-0.2, 0) is 9.84 Å². The number of rotatable bonds is 4. The molecule has 2 aliphatic rings. The quantitative estimate of drug-likeness (QED) is 0.570. The van der Waals surface area contributed by atoms with Crippen molar-refractivity contribution < 1.29 is 22.8 Å². The summed E-state index contributed by atoms with van der Waals surface area (Å²) < 4.78 is 34.8. The highest BCUT2D eigenvalue weighted by Gasteiger charge is 2.32. The molecule has 148 valence electrons. The van der Waals surface area contributed by atoms with E-state index in [9.17, 15) is 18.5 Å². The molecule has 0 bridgehead atoms. The summed E-state index contributed by atoms with van der Waals surface area (Å²) in [4.78, 5) is 13.0. The lowest BCUT2D eigenvalue weighted by Crippen LogP contribution is -2.24. The summed E-state index contributed by atoms with van der Waals surface area (Å²) in [5, 5.41) is 11.6. The van der Waals surface area contributed by atoms with Crippen molar-refractivity contribution in [2.45, 2.75) is 23.8 Å². The highest BCUT2D eigenvalue weighted by Crippen LogP contribution is 2.43. The average molecular weight is 404 g/mol. The number of ether oxygens (including phenoxy) is 2. The van der Waals surface area contributed by atoms with Crippen LogP contribution in [0.4, 0.5) is 11.4 Å². The highest BCUT2D eigenvalue weighted by molar-refractivity contribution is 7.90. The van der Waals surface area contributed by atoms with Gasteiger partial charge in [-0.05, 0) is 42.7 Å². The van der Waals surface area contributed by atoms with Crippen molar-refractivity contribution in [3.8, 4) is 11.5 Å². The molecule has 0 spiro atoms. The molecule has 28 heavy (non-hydrogen) atoms. The van der Waals surface area contributed by atoms with Gasteiger partial charge in [-0.2, -0.15) is 0 Å². The largest absolute Gasteiger partial charge is 0.486 e. The number of nitro groups is 1. The molecule has 0 aromatic heterocycles. The summed E-state index contributed by atoms with van der Waals surface area (Å²) >= 11 is 0. The molecule has 0 saturated carbocycles. The van der Waals surface area contributed by atoms with Crippen molar-refractivity contribution in [3.63, 3.8) is 0 Å². The molecule has 2 aromatic carbocycles. The van der Waals surface area contributed by atoms with Crippen molar-refractivity contribution in [3.05, 3.63) is 52.1 Å². The standard InChI is InChI=1S/C19H20N2O6S/c1-28(24,25)14-5-6-16(17(12-14)21(22)23)20-8-2-3-15(20)13-4-7-18-19(11-13)27-10-9-26-18/h4-7,11-12,15H,2-3,8-10H2,1H3/t15-/m1/s1. The van der Waals surface area contributed by atoms with Gasteiger partial charge in [0.1, 0.15) is 18.9 Å². The lowest BCUT2D eigenvalue weighted by atomic mass is 10.0. The number of benzene rings is 2. The fourth-order valence-electron chi connectivity index (χ4n) is 3.79. The first-order valence-electron chi connectivity index (χ1n) is 8.99.